The quantitative estimate of drug-likeness (QED) is 0.279. The number of hydrogen-bond acceptors (Lipinski definition) is 2. The Morgan fingerprint density at radius 2 is 1.00 bits per heavy atom. The summed E-state index contributed by atoms with van der Waals surface area (Å²) < 4.78 is 0. The zero-order valence-corrected chi connectivity index (χ0v) is 7.24. The maximum atomic E-state index is 3.25. The van der Waals surface area contributed by atoms with Crippen molar-refractivity contribution in [2.75, 3.05) is 0 Å². The molecule has 30 valence electrons. The molecule has 0 aliphatic rings. The molecule has 6 N–H and O–H groups in total. The molecule has 0 aliphatic carbocycles. The van der Waals surface area contributed by atoms with Crippen molar-refractivity contribution in [3.05, 3.63) is 6.92 Å². The first-order valence-electron chi connectivity index (χ1n) is 0.707. The predicted octanol–water partition coefficient (Wildman–Crippen LogP) is -1.83. The van der Waals surface area contributed by atoms with Crippen molar-refractivity contribution in [1.82, 2.24) is 12.3 Å². The first kappa shape index (κ1) is 31.0. The zero-order chi connectivity index (χ0) is 2.00. The van der Waals surface area contributed by atoms with E-state index in [9.17, 15) is 0 Å². The molecule has 0 aromatic heterocycles. The molecular weight excluding hydrogens is 91.1 g/mol. The first-order chi connectivity index (χ1) is 1.00. The Bertz CT molecular complexity index is 7.61. The molecule has 0 rings (SSSR count). The third-order valence-electron chi connectivity index (χ3n) is 0. The van der Waals surface area contributed by atoms with Gasteiger partial charge in [0.2, 0.25) is 0 Å². The molecule has 0 aliphatic heterocycles. The van der Waals surface area contributed by atoms with Crippen LogP contribution in [0.2, 0.25) is 0 Å². The van der Waals surface area contributed by atoms with Crippen molar-refractivity contribution >= 4 is 0 Å². The Kier molecular flexibility index (Phi) is 295. The molecule has 0 saturated heterocycles. The maximum absolute atomic E-state index is 3.25. The third-order valence-corrected chi connectivity index (χ3v) is 0. The van der Waals surface area contributed by atoms with Gasteiger partial charge in [0.1, 0.15) is 0 Å². The van der Waals surface area contributed by atoms with Crippen LogP contribution in [0, 0.1) is 6.92 Å². The zero-order valence-electron chi connectivity index (χ0n) is 4.12. The van der Waals surface area contributed by atoms with Crippen LogP contribution < -0.4 is 63.7 Å². The van der Waals surface area contributed by atoms with Gasteiger partial charge in [0.15, 0.2) is 0 Å². The van der Waals surface area contributed by atoms with E-state index in [0.717, 1.165) is 0 Å². The standard InChI is InChI=1S/C2H5.K.2H3N/c1-2;;;/h1H2,2H3;;2*1H3/q-1;+1;;. The second-order valence-corrected chi connectivity index (χ2v) is 0. The molecule has 0 saturated carbocycles. The normalized spacial score (nSPS) is 1.20. The first-order valence-corrected chi connectivity index (χ1v) is 0.707. The second-order valence-electron chi connectivity index (χ2n) is 0. The van der Waals surface area contributed by atoms with Gasteiger partial charge in [0.05, 0.1) is 0 Å². The molecule has 0 amide bonds. The molecular formula is C2H11KN2. The van der Waals surface area contributed by atoms with Crippen LogP contribution in [-0.4, -0.2) is 0 Å². The summed E-state index contributed by atoms with van der Waals surface area (Å²) in [5.41, 5.74) is 0. The smallest absolute Gasteiger partial charge is 0.346 e. The SMILES string of the molecule is N.N.[CH2-]C.[K+]. The molecule has 0 unspecified atom stereocenters. The molecule has 0 bridgehead atoms. The van der Waals surface area contributed by atoms with Gasteiger partial charge in [0, 0.05) is 0 Å². The predicted molar refractivity (Wildman–Crippen MR) is 21.1 cm³/mol. The minimum atomic E-state index is 0. The van der Waals surface area contributed by atoms with E-state index < -0.39 is 0 Å². The van der Waals surface area contributed by atoms with Crippen molar-refractivity contribution in [2.45, 2.75) is 6.92 Å². The van der Waals surface area contributed by atoms with Crippen LogP contribution in [0.1, 0.15) is 6.92 Å². The van der Waals surface area contributed by atoms with Crippen molar-refractivity contribution in [2.24, 2.45) is 0 Å². The number of rotatable bonds is 0. The van der Waals surface area contributed by atoms with Crippen LogP contribution in [0.5, 0.6) is 0 Å². The summed E-state index contributed by atoms with van der Waals surface area (Å²) in [7, 11) is 0. The van der Waals surface area contributed by atoms with Gasteiger partial charge in [-0.1, -0.05) is 0 Å². The monoisotopic (exact) mass is 102 g/mol. The Morgan fingerprint density at radius 3 is 1.00 bits per heavy atom. The Labute approximate surface area is 76.3 Å². The fraction of sp³-hybridized carbons (Fsp3) is 0.500. The topological polar surface area (TPSA) is 70.0 Å². The summed E-state index contributed by atoms with van der Waals surface area (Å²) in [4.78, 5) is 0. The fourth-order valence-corrected chi connectivity index (χ4v) is 0. The second kappa shape index (κ2) is 47.6. The largest absolute Gasteiger partial charge is 1.00 e. The number of hydrogen-bond donors (Lipinski definition) is 2. The minimum Gasteiger partial charge on any atom is -0.346 e. The van der Waals surface area contributed by atoms with Gasteiger partial charge < -0.3 is 19.2 Å². The van der Waals surface area contributed by atoms with Crippen LogP contribution in [0.4, 0.5) is 0 Å². The van der Waals surface area contributed by atoms with E-state index in [1.165, 1.54) is 0 Å². The van der Waals surface area contributed by atoms with Gasteiger partial charge in [-0.15, -0.1) is 0 Å². The van der Waals surface area contributed by atoms with E-state index >= 15 is 0 Å². The molecule has 0 spiro atoms. The van der Waals surface area contributed by atoms with Crippen LogP contribution in [0.25, 0.3) is 0 Å². The van der Waals surface area contributed by atoms with E-state index in [4.69, 9.17) is 0 Å². The van der Waals surface area contributed by atoms with Gasteiger partial charge in [-0.05, 0) is 0 Å². The Hall–Kier alpha value is 1.56. The van der Waals surface area contributed by atoms with Crippen LogP contribution in [-0.2, 0) is 0 Å². The maximum Gasteiger partial charge on any atom is 1.00 e. The summed E-state index contributed by atoms with van der Waals surface area (Å²) in [6, 6.07) is 0. The summed E-state index contributed by atoms with van der Waals surface area (Å²) in [6.45, 7) is 5.00. The van der Waals surface area contributed by atoms with Crippen LogP contribution in [0.15, 0.2) is 0 Å². The average Bonchev–Trinajstić information content (AvgIpc) is 1.00. The van der Waals surface area contributed by atoms with E-state index in [1.54, 1.807) is 6.92 Å². The van der Waals surface area contributed by atoms with E-state index in [-0.39, 0.29) is 63.7 Å². The molecule has 0 atom stereocenters. The average molecular weight is 102 g/mol. The van der Waals surface area contributed by atoms with Crippen molar-refractivity contribution in [3.8, 4) is 0 Å². The Balaban J connectivity index is -0.00000000167. The molecule has 0 radical (unpaired) electrons. The summed E-state index contributed by atoms with van der Waals surface area (Å²) in [6.07, 6.45) is 0. The van der Waals surface area contributed by atoms with Gasteiger partial charge >= 0.3 is 51.4 Å². The minimum absolute atomic E-state index is 0. The Morgan fingerprint density at radius 1 is 1.00 bits per heavy atom. The molecule has 3 heteroatoms. The van der Waals surface area contributed by atoms with Crippen LogP contribution >= 0.6 is 0 Å². The van der Waals surface area contributed by atoms with Crippen molar-refractivity contribution in [1.29, 1.82) is 0 Å². The molecule has 0 fully saturated rings. The van der Waals surface area contributed by atoms with Crippen molar-refractivity contribution < 1.29 is 51.4 Å². The molecule has 0 heterocycles. The van der Waals surface area contributed by atoms with Crippen molar-refractivity contribution in [3.63, 3.8) is 0 Å². The van der Waals surface area contributed by atoms with Crippen LogP contribution in [0.3, 0.4) is 0 Å². The van der Waals surface area contributed by atoms with E-state index in [1.807, 2.05) is 0 Å². The van der Waals surface area contributed by atoms with Gasteiger partial charge in [0.25, 0.3) is 0 Å². The van der Waals surface area contributed by atoms with E-state index in [0.29, 0.717) is 0 Å². The summed E-state index contributed by atoms with van der Waals surface area (Å²) in [5.74, 6) is 0. The van der Waals surface area contributed by atoms with Gasteiger partial charge in [-0.3, -0.25) is 0 Å². The fourth-order valence-electron chi connectivity index (χ4n) is 0. The van der Waals surface area contributed by atoms with Gasteiger partial charge in [-0.2, -0.15) is 6.92 Å². The molecule has 0 aromatic carbocycles. The molecule has 0 aromatic rings. The molecule has 5 heavy (non-hydrogen) atoms. The molecule has 2 nitrogen and oxygen atoms in total. The van der Waals surface area contributed by atoms with E-state index in [2.05, 4.69) is 6.92 Å². The summed E-state index contributed by atoms with van der Waals surface area (Å²) >= 11 is 0. The summed E-state index contributed by atoms with van der Waals surface area (Å²) in [5, 5.41) is 0. The third kappa shape index (κ3) is 29.0. The van der Waals surface area contributed by atoms with Gasteiger partial charge in [-0.25, -0.2) is 0 Å².